The minimum absolute atomic E-state index is 0.124. The molecular formula is C29H29N3O6S. The van der Waals surface area contributed by atoms with Crippen LogP contribution in [0.25, 0.3) is 0 Å². The van der Waals surface area contributed by atoms with Gasteiger partial charge in [0.1, 0.15) is 17.5 Å². The third-order valence-electron chi connectivity index (χ3n) is 6.22. The first-order chi connectivity index (χ1) is 18.8. The van der Waals surface area contributed by atoms with Gasteiger partial charge in [-0.05, 0) is 85.4 Å². The Balaban J connectivity index is 1.54. The Morgan fingerprint density at radius 2 is 1.49 bits per heavy atom. The van der Waals surface area contributed by atoms with E-state index in [-0.39, 0.29) is 24.8 Å². The largest absolute Gasteiger partial charge is 0.497 e. The Labute approximate surface area is 232 Å². The van der Waals surface area contributed by atoms with Crippen molar-refractivity contribution >= 4 is 46.5 Å². The van der Waals surface area contributed by atoms with Crippen LogP contribution in [0.4, 0.5) is 11.4 Å². The van der Waals surface area contributed by atoms with E-state index in [1.807, 2.05) is 24.3 Å². The van der Waals surface area contributed by atoms with Crippen molar-refractivity contribution in [3.05, 3.63) is 83.9 Å². The predicted molar refractivity (Wildman–Crippen MR) is 151 cm³/mol. The lowest BCUT2D eigenvalue weighted by atomic mass is 10.1. The van der Waals surface area contributed by atoms with E-state index in [0.29, 0.717) is 40.1 Å². The van der Waals surface area contributed by atoms with Crippen molar-refractivity contribution in [2.75, 3.05) is 31.0 Å². The topological polar surface area (TPSA) is 97.4 Å². The molecule has 3 aromatic carbocycles. The molecule has 10 heteroatoms. The van der Waals surface area contributed by atoms with Crippen LogP contribution >= 0.6 is 12.2 Å². The first kappa shape index (κ1) is 27.6. The molecule has 0 aromatic heterocycles. The third-order valence-corrected chi connectivity index (χ3v) is 6.64. The van der Waals surface area contributed by atoms with E-state index in [4.69, 9.17) is 26.4 Å². The molecule has 9 nitrogen and oxygen atoms in total. The SMILES string of the molecule is CCOC(=O)c1ccc(NC(=O)C[C@@H]2C(=O)N(c3ccc(OC)cc3)C(=S)N2Cc2ccc(OC)cc2)cc1. The number of esters is 1. The summed E-state index contributed by atoms with van der Waals surface area (Å²) in [7, 11) is 3.16. The lowest BCUT2D eigenvalue weighted by molar-refractivity contribution is -0.124. The molecule has 3 aromatic rings. The first-order valence-electron chi connectivity index (χ1n) is 12.3. The van der Waals surface area contributed by atoms with Crippen LogP contribution in [0.5, 0.6) is 11.5 Å². The maximum absolute atomic E-state index is 13.7. The zero-order chi connectivity index (χ0) is 27.9. The Hall–Kier alpha value is -4.44. The van der Waals surface area contributed by atoms with Gasteiger partial charge in [0.2, 0.25) is 5.91 Å². The van der Waals surface area contributed by atoms with E-state index in [2.05, 4.69) is 5.32 Å². The number of ether oxygens (including phenoxy) is 3. The van der Waals surface area contributed by atoms with Gasteiger partial charge in [0.15, 0.2) is 5.11 Å². The molecule has 0 aliphatic carbocycles. The van der Waals surface area contributed by atoms with Crippen molar-refractivity contribution < 1.29 is 28.6 Å². The average molecular weight is 548 g/mol. The zero-order valence-electron chi connectivity index (χ0n) is 21.9. The van der Waals surface area contributed by atoms with Gasteiger partial charge in [-0.25, -0.2) is 4.79 Å². The summed E-state index contributed by atoms with van der Waals surface area (Å²) in [6, 6.07) is 20.0. The highest BCUT2D eigenvalue weighted by molar-refractivity contribution is 7.80. The molecule has 1 aliphatic rings. The van der Waals surface area contributed by atoms with Crippen molar-refractivity contribution in [3.8, 4) is 11.5 Å². The van der Waals surface area contributed by atoms with E-state index in [1.165, 1.54) is 4.90 Å². The molecule has 2 amide bonds. The molecule has 1 heterocycles. The van der Waals surface area contributed by atoms with Gasteiger partial charge in [-0.15, -0.1) is 0 Å². The van der Waals surface area contributed by atoms with Crippen LogP contribution in [-0.2, 0) is 20.9 Å². The summed E-state index contributed by atoms with van der Waals surface area (Å²) in [5.74, 6) is 0.260. The fraction of sp³-hybridized carbons (Fsp3) is 0.241. The summed E-state index contributed by atoms with van der Waals surface area (Å²) in [6.07, 6.45) is -0.124. The number of amides is 2. The second-order valence-corrected chi connectivity index (χ2v) is 9.06. The molecule has 0 radical (unpaired) electrons. The highest BCUT2D eigenvalue weighted by Crippen LogP contribution is 2.30. The lowest BCUT2D eigenvalue weighted by Gasteiger charge is -2.24. The molecule has 39 heavy (non-hydrogen) atoms. The Bertz CT molecular complexity index is 1340. The van der Waals surface area contributed by atoms with E-state index < -0.39 is 12.0 Å². The Kier molecular flexibility index (Phi) is 8.77. The molecule has 0 saturated carbocycles. The minimum Gasteiger partial charge on any atom is -0.497 e. The molecule has 202 valence electrons. The van der Waals surface area contributed by atoms with Gasteiger partial charge >= 0.3 is 5.97 Å². The van der Waals surface area contributed by atoms with Gasteiger partial charge in [-0.2, -0.15) is 0 Å². The van der Waals surface area contributed by atoms with Crippen LogP contribution in [0, 0.1) is 0 Å². The van der Waals surface area contributed by atoms with Crippen molar-refractivity contribution in [1.29, 1.82) is 0 Å². The van der Waals surface area contributed by atoms with Gasteiger partial charge in [-0.3, -0.25) is 14.5 Å². The monoisotopic (exact) mass is 547 g/mol. The van der Waals surface area contributed by atoms with Crippen molar-refractivity contribution in [2.24, 2.45) is 0 Å². The predicted octanol–water partition coefficient (Wildman–Crippen LogP) is 4.41. The molecular weight excluding hydrogens is 518 g/mol. The van der Waals surface area contributed by atoms with E-state index >= 15 is 0 Å². The van der Waals surface area contributed by atoms with Crippen LogP contribution < -0.4 is 19.7 Å². The number of hydrogen-bond acceptors (Lipinski definition) is 7. The molecule has 1 aliphatic heterocycles. The van der Waals surface area contributed by atoms with Gasteiger partial charge in [-0.1, -0.05) is 12.1 Å². The Morgan fingerprint density at radius 3 is 2.05 bits per heavy atom. The standard InChI is InChI=1S/C29H29N3O6S/c1-4-38-28(35)20-7-9-21(10-8-20)30-26(33)17-25-27(34)32(22-11-15-24(37-3)16-12-22)29(39)31(25)18-19-5-13-23(36-2)14-6-19/h5-16,25H,4,17-18H2,1-3H3,(H,30,33)/t25-/m1/s1. The molecule has 4 rings (SSSR count). The molecule has 0 spiro atoms. The highest BCUT2D eigenvalue weighted by Gasteiger charge is 2.44. The molecule has 0 bridgehead atoms. The second kappa shape index (κ2) is 12.4. The van der Waals surface area contributed by atoms with E-state index in [9.17, 15) is 14.4 Å². The molecule has 1 saturated heterocycles. The summed E-state index contributed by atoms with van der Waals surface area (Å²) in [4.78, 5) is 41.8. The van der Waals surface area contributed by atoms with Crippen LogP contribution in [0.3, 0.4) is 0 Å². The van der Waals surface area contributed by atoms with E-state index in [0.717, 1.165) is 5.56 Å². The Morgan fingerprint density at radius 1 is 0.897 bits per heavy atom. The number of nitrogens with one attached hydrogen (secondary N) is 1. The number of carbonyl (C=O) groups is 3. The fourth-order valence-corrected chi connectivity index (χ4v) is 4.59. The van der Waals surface area contributed by atoms with Gasteiger partial charge < -0.3 is 24.4 Å². The van der Waals surface area contributed by atoms with Crippen molar-refractivity contribution in [3.63, 3.8) is 0 Å². The number of nitrogens with zero attached hydrogens (tertiary/aromatic N) is 2. The lowest BCUT2D eigenvalue weighted by Crippen LogP contribution is -2.37. The summed E-state index contributed by atoms with van der Waals surface area (Å²) >= 11 is 5.75. The number of thiocarbonyl (C=S) groups is 1. The maximum Gasteiger partial charge on any atom is 0.338 e. The van der Waals surface area contributed by atoms with Gasteiger partial charge in [0, 0.05) is 12.2 Å². The minimum atomic E-state index is -0.819. The molecule has 1 atom stereocenters. The summed E-state index contributed by atoms with van der Waals surface area (Å²) in [5.41, 5.74) is 2.37. The average Bonchev–Trinajstić information content (AvgIpc) is 3.17. The maximum atomic E-state index is 13.7. The van der Waals surface area contributed by atoms with Crippen LogP contribution in [0.15, 0.2) is 72.8 Å². The smallest absolute Gasteiger partial charge is 0.338 e. The summed E-state index contributed by atoms with van der Waals surface area (Å²) in [5, 5.41) is 3.11. The fourth-order valence-electron chi connectivity index (χ4n) is 4.20. The molecule has 0 unspecified atom stereocenters. The first-order valence-corrected chi connectivity index (χ1v) is 12.7. The molecule has 1 N–H and O–H groups in total. The number of carbonyl (C=O) groups excluding carboxylic acids is 3. The number of hydrogen-bond donors (Lipinski definition) is 1. The third kappa shape index (κ3) is 6.35. The quantitative estimate of drug-likeness (QED) is 0.295. The number of benzene rings is 3. The van der Waals surface area contributed by atoms with Crippen molar-refractivity contribution in [1.82, 2.24) is 4.90 Å². The highest BCUT2D eigenvalue weighted by atomic mass is 32.1. The van der Waals surface area contributed by atoms with Gasteiger partial charge in [0.25, 0.3) is 5.91 Å². The van der Waals surface area contributed by atoms with Crippen LogP contribution in [0.1, 0.15) is 29.3 Å². The number of methoxy groups -OCH3 is 2. The second-order valence-electron chi connectivity index (χ2n) is 8.70. The van der Waals surface area contributed by atoms with Crippen LogP contribution in [0.2, 0.25) is 0 Å². The summed E-state index contributed by atoms with van der Waals surface area (Å²) in [6.45, 7) is 2.33. The number of anilines is 2. The summed E-state index contributed by atoms with van der Waals surface area (Å²) < 4.78 is 15.5. The van der Waals surface area contributed by atoms with Crippen LogP contribution in [-0.4, -0.2) is 54.7 Å². The van der Waals surface area contributed by atoms with E-state index in [1.54, 1.807) is 74.6 Å². The normalized spacial score (nSPS) is 14.8. The van der Waals surface area contributed by atoms with Gasteiger partial charge in [0.05, 0.1) is 38.5 Å². The zero-order valence-corrected chi connectivity index (χ0v) is 22.7. The molecule has 1 fully saturated rings. The number of rotatable bonds is 10. The van der Waals surface area contributed by atoms with Crippen molar-refractivity contribution in [2.45, 2.75) is 25.9 Å².